The first-order chi connectivity index (χ1) is 22.8. The Hall–Kier alpha value is -5.51. The van der Waals surface area contributed by atoms with Crippen molar-refractivity contribution in [3.8, 4) is 16.8 Å². The molecule has 1 atom stereocenters. The van der Waals surface area contributed by atoms with Crippen LogP contribution in [0.2, 0.25) is 0 Å². The molecule has 0 N–H and O–H groups in total. The first kappa shape index (κ1) is 24.8. The number of rotatable bonds is 1. The molecule has 1 unspecified atom stereocenters. The number of fused-ring (bicyclic) bond motifs is 14. The SMILES string of the molecule is c1ccc2c(c1)Sc1ccc(-c3ccc4oc5ccccc5c4c3)cc1C21c2ccccc2-n2c3ccccc3c3cccc1c32. The van der Waals surface area contributed by atoms with E-state index in [-0.39, 0.29) is 0 Å². The Labute approximate surface area is 269 Å². The van der Waals surface area contributed by atoms with Gasteiger partial charge in [-0.3, -0.25) is 0 Å². The van der Waals surface area contributed by atoms with Crippen LogP contribution in [0, 0.1) is 0 Å². The minimum absolute atomic E-state index is 0.486. The zero-order chi connectivity index (χ0) is 30.0. The summed E-state index contributed by atoms with van der Waals surface area (Å²) < 4.78 is 8.69. The molecule has 0 fully saturated rings. The molecular weight excluding hydrogens is 579 g/mol. The number of aromatic nitrogens is 1. The zero-order valence-electron chi connectivity index (χ0n) is 24.7. The van der Waals surface area contributed by atoms with Gasteiger partial charge in [-0.1, -0.05) is 115 Å². The third-order valence-corrected chi connectivity index (χ3v) is 11.4. The topological polar surface area (TPSA) is 18.1 Å². The lowest BCUT2D eigenvalue weighted by molar-refractivity contribution is 0.669. The molecule has 7 aromatic carbocycles. The number of nitrogens with zero attached hydrogens (tertiary/aromatic N) is 1. The molecule has 214 valence electrons. The molecule has 3 heteroatoms. The van der Waals surface area contributed by atoms with Gasteiger partial charge in [0, 0.05) is 31.3 Å². The third-order valence-electron chi connectivity index (χ3n) is 10.3. The number of hydrogen-bond acceptors (Lipinski definition) is 2. The van der Waals surface area contributed by atoms with E-state index in [1.54, 1.807) is 0 Å². The van der Waals surface area contributed by atoms with E-state index in [1.165, 1.54) is 70.7 Å². The van der Waals surface area contributed by atoms with Gasteiger partial charge in [0.1, 0.15) is 11.2 Å². The number of furan rings is 1. The molecule has 11 rings (SSSR count). The lowest BCUT2D eigenvalue weighted by Crippen LogP contribution is -2.37. The summed E-state index contributed by atoms with van der Waals surface area (Å²) in [4.78, 5) is 2.61. The molecule has 9 aromatic rings. The maximum Gasteiger partial charge on any atom is 0.135 e. The average Bonchev–Trinajstić information content (AvgIpc) is 3.66. The molecule has 2 nitrogen and oxygen atoms in total. The van der Waals surface area contributed by atoms with E-state index in [1.807, 2.05) is 23.9 Å². The lowest BCUT2D eigenvalue weighted by atomic mass is 9.62. The lowest BCUT2D eigenvalue weighted by Gasteiger charge is -2.45. The second-order valence-electron chi connectivity index (χ2n) is 12.4. The highest BCUT2D eigenvalue weighted by Crippen LogP contribution is 2.60. The fraction of sp³-hybridized carbons (Fsp3) is 0.0233. The van der Waals surface area contributed by atoms with Gasteiger partial charge in [0.05, 0.1) is 22.1 Å². The predicted octanol–water partition coefficient (Wildman–Crippen LogP) is 11.5. The molecule has 0 amide bonds. The van der Waals surface area contributed by atoms with Crippen molar-refractivity contribution in [1.29, 1.82) is 0 Å². The average molecular weight is 604 g/mol. The van der Waals surface area contributed by atoms with Gasteiger partial charge in [-0.15, -0.1) is 0 Å². The summed E-state index contributed by atoms with van der Waals surface area (Å²) in [5.41, 5.74) is 12.9. The molecule has 1 spiro atoms. The van der Waals surface area contributed by atoms with Crippen molar-refractivity contribution in [2.24, 2.45) is 0 Å². The van der Waals surface area contributed by atoms with Crippen molar-refractivity contribution in [2.45, 2.75) is 15.2 Å². The van der Waals surface area contributed by atoms with Gasteiger partial charge in [-0.05, 0) is 81.9 Å². The molecule has 0 saturated carbocycles. The second kappa shape index (κ2) is 8.81. The smallest absolute Gasteiger partial charge is 0.135 e. The first-order valence-electron chi connectivity index (χ1n) is 15.8. The standard InChI is InChI=1S/C43H25NOS/c1-5-16-36-28(10-1)30-12-9-15-34-42(30)44(36)37-17-6-3-13-32(37)43(34)33-14-4-8-19-40(33)46-41-23-21-27(25-35(41)43)26-20-22-39-31(24-26)29-11-2-7-18-38(29)45-39/h1-25H. The number of benzene rings is 7. The minimum Gasteiger partial charge on any atom is -0.456 e. The molecule has 0 saturated heterocycles. The maximum absolute atomic E-state index is 6.19. The maximum atomic E-state index is 6.19. The monoisotopic (exact) mass is 603 g/mol. The largest absolute Gasteiger partial charge is 0.456 e. The molecule has 0 radical (unpaired) electrons. The summed E-state index contributed by atoms with van der Waals surface area (Å²) in [7, 11) is 0. The minimum atomic E-state index is -0.486. The van der Waals surface area contributed by atoms with Crippen molar-refractivity contribution in [3.63, 3.8) is 0 Å². The van der Waals surface area contributed by atoms with E-state index >= 15 is 0 Å². The van der Waals surface area contributed by atoms with Crippen LogP contribution in [0.25, 0.3) is 60.6 Å². The van der Waals surface area contributed by atoms with Crippen molar-refractivity contribution < 1.29 is 4.42 Å². The molecule has 2 aliphatic heterocycles. The van der Waals surface area contributed by atoms with E-state index < -0.39 is 5.41 Å². The Kier molecular flexibility index (Phi) is 4.74. The van der Waals surface area contributed by atoms with E-state index in [9.17, 15) is 0 Å². The highest BCUT2D eigenvalue weighted by atomic mass is 32.2. The summed E-state index contributed by atoms with van der Waals surface area (Å²) in [5.74, 6) is 0. The Balaban J connectivity index is 1.27. The van der Waals surface area contributed by atoms with Crippen LogP contribution in [0.5, 0.6) is 0 Å². The predicted molar refractivity (Wildman–Crippen MR) is 189 cm³/mol. The van der Waals surface area contributed by atoms with Crippen LogP contribution in [0.1, 0.15) is 22.3 Å². The summed E-state index contributed by atoms with van der Waals surface area (Å²) in [5, 5.41) is 4.89. The molecule has 2 aliphatic rings. The van der Waals surface area contributed by atoms with Crippen molar-refractivity contribution >= 4 is 55.5 Å². The summed E-state index contributed by atoms with van der Waals surface area (Å²) >= 11 is 1.89. The Bertz CT molecular complexity index is 2750. The zero-order valence-corrected chi connectivity index (χ0v) is 25.5. The van der Waals surface area contributed by atoms with Crippen LogP contribution < -0.4 is 0 Å². The molecule has 2 aromatic heterocycles. The van der Waals surface area contributed by atoms with Gasteiger partial charge < -0.3 is 8.98 Å². The van der Waals surface area contributed by atoms with Crippen LogP contribution in [0.15, 0.2) is 166 Å². The number of para-hydroxylation sites is 4. The molecule has 4 heterocycles. The Morgan fingerprint density at radius 1 is 0.457 bits per heavy atom. The molecule has 0 bridgehead atoms. The van der Waals surface area contributed by atoms with Crippen molar-refractivity contribution in [3.05, 3.63) is 174 Å². The molecular formula is C43H25NOS. The number of hydrogen-bond donors (Lipinski definition) is 0. The van der Waals surface area contributed by atoms with E-state index in [4.69, 9.17) is 4.42 Å². The van der Waals surface area contributed by atoms with Gasteiger partial charge in [-0.2, -0.15) is 0 Å². The summed E-state index contributed by atoms with van der Waals surface area (Å²) in [6.07, 6.45) is 0. The second-order valence-corrected chi connectivity index (χ2v) is 13.5. The van der Waals surface area contributed by atoms with Crippen LogP contribution in [0.3, 0.4) is 0 Å². The van der Waals surface area contributed by atoms with Gasteiger partial charge >= 0.3 is 0 Å². The van der Waals surface area contributed by atoms with E-state index in [0.29, 0.717) is 0 Å². The van der Waals surface area contributed by atoms with E-state index in [2.05, 4.69) is 144 Å². The summed E-state index contributed by atoms with van der Waals surface area (Å²) in [6, 6.07) is 55.9. The van der Waals surface area contributed by atoms with Crippen molar-refractivity contribution in [2.75, 3.05) is 0 Å². The molecule has 46 heavy (non-hydrogen) atoms. The highest BCUT2D eigenvalue weighted by molar-refractivity contribution is 7.99. The van der Waals surface area contributed by atoms with Crippen LogP contribution in [-0.2, 0) is 5.41 Å². The third kappa shape index (κ3) is 2.99. The van der Waals surface area contributed by atoms with Gasteiger partial charge in [0.25, 0.3) is 0 Å². The van der Waals surface area contributed by atoms with Crippen molar-refractivity contribution in [1.82, 2.24) is 4.57 Å². The quantitative estimate of drug-likeness (QED) is 0.186. The normalized spacial score (nSPS) is 16.3. The summed E-state index contributed by atoms with van der Waals surface area (Å²) in [6.45, 7) is 0. The first-order valence-corrected chi connectivity index (χ1v) is 16.6. The van der Waals surface area contributed by atoms with Crippen LogP contribution >= 0.6 is 11.8 Å². The Morgan fingerprint density at radius 2 is 1.13 bits per heavy atom. The van der Waals surface area contributed by atoms with E-state index in [0.717, 1.165) is 21.9 Å². The van der Waals surface area contributed by atoms with Gasteiger partial charge in [-0.25, -0.2) is 0 Å². The fourth-order valence-electron chi connectivity index (χ4n) is 8.41. The highest BCUT2D eigenvalue weighted by Gasteiger charge is 2.49. The van der Waals surface area contributed by atoms with Crippen LogP contribution in [0.4, 0.5) is 0 Å². The molecule has 0 aliphatic carbocycles. The fourth-order valence-corrected chi connectivity index (χ4v) is 9.58. The Morgan fingerprint density at radius 3 is 2.09 bits per heavy atom. The van der Waals surface area contributed by atoms with Gasteiger partial charge in [0.2, 0.25) is 0 Å². The van der Waals surface area contributed by atoms with Gasteiger partial charge in [0.15, 0.2) is 0 Å². The van der Waals surface area contributed by atoms with Crippen LogP contribution in [-0.4, -0.2) is 4.57 Å².